The molecule has 2 nitrogen and oxygen atoms in total. The smallest absolute Gasteiger partial charge is 0.172 e. The largest absolute Gasteiger partial charge is 0.347 e. The summed E-state index contributed by atoms with van der Waals surface area (Å²) in [4.78, 5) is 0. The minimum Gasteiger partial charge on any atom is -0.347 e. The summed E-state index contributed by atoms with van der Waals surface area (Å²) in [5, 5.41) is 0. The first kappa shape index (κ1) is 11.2. The fourth-order valence-electron chi connectivity index (χ4n) is 2.95. The van der Waals surface area contributed by atoms with Crippen LogP contribution in [0.3, 0.4) is 0 Å². The maximum atomic E-state index is 5.80. The number of rotatable bonds is 2. The Morgan fingerprint density at radius 2 is 1.93 bits per heavy atom. The van der Waals surface area contributed by atoms with Crippen LogP contribution in [0.5, 0.6) is 0 Å². The van der Waals surface area contributed by atoms with Crippen molar-refractivity contribution in [2.45, 2.75) is 52.2 Å². The van der Waals surface area contributed by atoms with Gasteiger partial charge < -0.3 is 9.47 Å². The van der Waals surface area contributed by atoms with E-state index in [0.717, 1.165) is 32.5 Å². The molecular formula is C13H22O2. The summed E-state index contributed by atoms with van der Waals surface area (Å²) in [6.07, 6.45) is 6.63. The zero-order valence-electron chi connectivity index (χ0n) is 10.1. The fourth-order valence-corrected chi connectivity index (χ4v) is 2.95. The minimum atomic E-state index is -0.288. The second kappa shape index (κ2) is 3.91. The molecule has 0 N–H and O–H groups in total. The normalized spacial score (nSPS) is 34.5. The molecule has 0 aromatic carbocycles. The van der Waals surface area contributed by atoms with Crippen LogP contribution in [-0.2, 0) is 9.47 Å². The Morgan fingerprint density at radius 3 is 2.47 bits per heavy atom. The van der Waals surface area contributed by atoms with E-state index in [1.807, 2.05) is 0 Å². The van der Waals surface area contributed by atoms with Crippen LogP contribution in [0.4, 0.5) is 0 Å². The van der Waals surface area contributed by atoms with Gasteiger partial charge in [-0.05, 0) is 18.3 Å². The molecule has 1 atom stereocenters. The highest BCUT2D eigenvalue weighted by Crippen LogP contribution is 2.48. The first-order valence-electron chi connectivity index (χ1n) is 6.11. The Hall–Kier alpha value is -0.340. The lowest BCUT2D eigenvalue weighted by molar-refractivity contribution is -0.178. The highest BCUT2D eigenvalue weighted by Gasteiger charge is 2.45. The van der Waals surface area contributed by atoms with E-state index in [9.17, 15) is 0 Å². The number of hydrogen-bond acceptors (Lipinski definition) is 2. The molecule has 86 valence electrons. The van der Waals surface area contributed by atoms with E-state index in [1.165, 1.54) is 6.42 Å². The van der Waals surface area contributed by atoms with E-state index >= 15 is 0 Å². The molecule has 1 heterocycles. The van der Waals surface area contributed by atoms with Gasteiger partial charge in [-0.25, -0.2) is 0 Å². The average molecular weight is 210 g/mol. The molecule has 0 aromatic heterocycles. The molecule has 1 fully saturated rings. The van der Waals surface area contributed by atoms with Crippen LogP contribution >= 0.6 is 0 Å². The molecule has 2 aliphatic rings. The van der Waals surface area contributed by atoms with Crippen molar-refractivity contribution in [2.24, 2.45) is 5.41 Å². The molecule has 0 bridgehead atoms. The van der Waals surface area contributed by atoms with E-state index < -0.39 is 0 Å². The molecule has 1 aliphatic heterocycles. The molecule has 0 amide bonds. The van der Waals surface area contributed by atoms with Crippen LogP contribution in [0.1, 0.15) is 46.5 Å². The maximum Gasteiger partial charge on any atom is 0.172 e. The van der Waals surface area contributed by atoms with Crippen LogP contribution in [0.2, 0.25) is 0 Å². The van der Waals surface area contributed by atoms with Crippen molar-refractivity contribution in [1.29, 1.82) is 0 Å². The Bertz CT molecular complexity index is 264. The van der Waals surface area contributed by atoms with Crippen LogP contribution < -0.4 is 0 Å². The van der Waals surface area contributed by atoms with Crippen LogP contribution in [-0.4, -0.2) is 19.0 Å². The van der Waals surface area contributed by atoms with Gasteiger partial charge in [-0.15, -0.1) is 0 Å². The van der Waals surface area contributed by atoms with Crippen molar-refractivity contribution in [3.8, 4) is 0 Å². The fraction of sp³-hybridized carbons (Fsp3) is 0.846. The van der Waals surface area contributed by atoms with Crippen LogP contribution in [0.15, 0.2) is 11.6 Å². The van der Waals surface area contributed by atoms with Gasteiger partial charge in [0.05, 0.1) is 13.2 Å². The lowest BCUT2D eigenvalue weighted by Gasteiger charge is -2.43. The molecule has 1 saturated heterocycles. The van der Waals surface area contributed by atoms with Crippen molar-refractivity contribution < 1.29 is 9.47 Å². The summed E-state index contributed by atoms with van der Waals surface area (Å²) >= 11 is 0. The van der Waals surface area contributed by atoms with E-state index in [-0.39, 0.29) is 11.2 Å². The Labute approximate surface area is 92.6 Å². The SMILES string of the molecule is CCC1=CCC2(CC1(C)CC)OCCO2. The number of ether oxygens (including phenoxy) is 2. The van der Waals surface area contributed by atoms with Crippen LogP contribution in [0, 0.1) is 5.41 Å². The third kappa shape index (κ3) is 1.85. The lowest BCUT2D eigenvalue weighted by Crippen LogP contribution is -2.40. The first-order valence-corrected chi connectivity index (χ1v) is 6.11. The van der Waals surface area contributed by atoms with Gasteiger partial charge in [0.2, 0.25) is 0 Å². The molecule has 1 aliphatic carbocycles. The molecule has 0 aromatic rings. The number of hydrogen-bond donors (Lipinski definition) is 0. The van der Waals surface area contributed by atoms with Gasteiger partial charge in [-0.1, -0.05) is 32.4 Å². The van der Waals surface area contributed by atoms with Crippen molar-refractivity contribution in [3.63, 3.8) is 0 Å². The Balaban J connectivity index is 2.23. The number of allylic oxidation sites excluding steroid dienone is 1. The molecule has 0 radical (unpaired) electrons. The topological polar surface area (TPSA) is 18.5 Å². The van der Waals surface area contributed by atoms with E-state index in [1.54, 1.807) is 5.57 Å². The standard InChI is InChI=1S/C13H22O2/c1-4-11-6-7-13(14-8-9-15-13)10-12(11,3)5-2/h6H,4-5,7-10H2,1-3H3. The second-order valence-electron chi connectivity index (χ2n) is 4.99. The van der Waals surface area contributed by atoms with Crippen molar-refractivity contribution >= 4 is 0 Å². The quantitative estimate of drug-likeness (QED) is 0.651. The first-order chi connectivity index (χ1) is 7.14. The monoisotopic (exact) mass is 210 g/mol. The third-order valence-electron chi connectivity index (χ3n) is 4.07. The molecule has 2 rings (SSSR count). The molecule has 1 unspecified atom stereocenters. The minimum absolute atomic E-state index is 0.275. The zero-order valence-corrected chi connectivity index (χ0v) is 10.1. The second-order valence-corrected chi connectivity index (χ2v) is 4.99. The molecular weight excluding hydrogens is 188 g/mol. The van der Waals surface area contributed by atoms with Gasteiger partial charge in [0.1, 0.15) is 0 Å². The zero-order chi connectivity index (χ0) is 10.9. The van der Waals surface area contributed by atoms with Crippen molar-refractivity contribution in [1.82, 2.24) is 0 Å². The van der Waals surface area contributed by atoms with Gasteiger partial charge in [-0.2, -0.15) is 0 Å². The van der Waals surface area contributed by atoms with Gasteiger partial charge >= 0.3 is 0 Å². The van der Waals surface area contributed by atoms with Gasteiger partial charge in [0.15, 0.2) is 5.79 Å². The van der Waals surface area contributed by atoms with Crippen molar-refractivity contribution in [2.75, 3.05) is 13.2 Å². The molecule has 2 heteroatoms. The third-order valence-corrected chi connectivity index (χ3v) is 4.07. The summed E-state index contributed by atoms with van der Waals surface area (Å²) in [5.74, 6) is -0.288. The van der Waals surface area contributed by atoms with Crippen LogP contribution in [0.25, 0.3) is 0 Å². The summed E-state index contributed by atoms with van der Waals surface area (Å²) in [7, 11) is 0. The van der Waals surface area contributed by atoms with Gasteiger partial charge in [0, 0.05) is 12.8 Å². The van der Waals surface area contributed by atoms with E-state index in [4.69, 9.17) is 9.47 Å². The molecule has 0 saturated carbocycles. The predicted molar refractivity (Wildman–Crippen MR) is 60.6 cm³/mol. The summed E-state index contributed by atoms with van der Waals surface area (Å²) in [5.41, 5.74) is 1.85. The summed E-state index contributed by atoms with van der Waals surface area (Å²) in [6, 6.07) is 0. The van der Waals surface area contributed by atoms with E-state index in [2.05, 4.69) is 26.8 Å². The summed E-state index contributed by atoms with van der Waals surface area (Å²) < 4.78 is 11.6. The highest BCUT2D eigenvalue weighted by atomic mass is 16.7. The lowest BCUT2D eigenvalue weighted by atomic mass is 9.69. The van der Waals surface area contributed by atoms with Crippen molar-refractivity contribution in [3.05, 3.63) is 11.6 Å². The van der Waals surface area contributed by atoms with Gasteiger partial charge in [-0.3, -0.25) is 0 Å². The Morgan fingerprint density at radius 1 is 1.27 bits per heavy atom. The maximum absolute atomic E-state index is 5.80. The highest BCUT2D eigenvalue weighted by molar-refractivity contribution is 5.19. The Kier molecular flexibility index (Phi) is 2.91. The molecule has 15 heavy (non-hydrogen) atoms. The predicted octanol–water partition coefficient (Wildman–Crippen LogP) is 3.28. The average Bonchev–Trinajstić information content (AvgIpc) is 2.67. The molecule has 1 spiro atoms. The van der Waals surface area contributed by atoms with E-state index in [0.29, 0.717) is 0 Å². The van der Waals surface area contributed by atoms with Gasteiger partial charge in [0.25, 0.3) is 0 Å². The summed E-state index contributed by atoms with van der Waals surface area (Å²) in [6.45, 7) is 8.37.